The lowest BCUT2D eigenvalue weighted by atomic mass is 10.0. The fourth-order valence-corrected chi connectivity index (χ4v) is 2.43. The van der Waals surface area contributed by atoms with E-state index in [9.17, 15) is 4.79 Å². The van der Waals surface area contributed by atoms with Crippen molar-refractivity contribution in [3.05, 3.63) is 53.1 Å². The van der Waals surface area contributed by atoms with Crippen LogP contribution in [0, 0.1) is 20.8 Å². The Bertz CT molecular complexity index is 672. The van der Waals surface area contributed by atoms with Gasteiger partial charge in [0.15, 0.2) is 6.10 Å². The molecule has 0 saturated heterocycles. The van der Waals surface area contributed by atoms with Gasteiger partial charge in [-0.25, -0.2) is 0 Å². The zero-order valence-corrected chi connectivity index (χ0v) is 13.4. The first-order valence-electron chi connectivity index (χ1n) is 7.28. The Hall–Kier alpha value is -2.49. The van der Waals surface area contributed by atoms with Crippen LogP contribution >= 0.6 is 0 Å². The molecule has 2 aromatic rings. The minimum absolute atomic E-state index is 0.196. The maximum Gasteiger partial charge on any atom is 0.265 e. The number of aryl methyl sites for hydroxylation is 3. The molecule has 4 heteroatoms. The summed E-state index contributed by atoms with van der Waals surface area (Å²) < 4.78 is 5.65. The molecule has 0 spiro atoms. The number of rotatable bonds is 4. The molecule has 0 aliphatic rings. The Labute approximate surface area is 131 Å². The van der Waals surface area contributed by atoms with Gasteiger partial charge >= 0.3 is 0 Å². The van der Waals surface area contributed by atoms with Gasteiger partial charge in [0.25, 0.3) is 5.91 Å². The van der Waals surface area contributed by atoms with Crippen LogP contribution in [-0.2, 0) is 4.79 Å². The Kier molecular flexibility index (Phi) is 4.71. The monoisotopic (exact) mass is 298 g/mol. The third-order valence-corrected chi connectivity index (χ3v) is 3.52. The smallest absolute Gasteiger partial charge is 0.265 e. The zero-order chi connectivity index (χ0) is 16.3. The SMILES string of the molecule is Cc1cc(C)c(NC(=O)C(C)Oc2ccccc2N)c(C)c1. The molecule has 1 unspecified atom stereocenters. The number of hydrogen-bond acceptors (Lipinski definition) is 3. The first-order valence-corrected chi connectivity index (χ1v) is 7.28. The van der Waals surface area contributed by atoms with Crippen LogP contribution in [0.15, 0.2) is 36.4 Å². The fraction of sp³-hybridized carbons (Fsp3) is 0.278. The number of ether oxygens (including phenoxy) is 1. The van der Waals surface area contributed by atoms with Gasteiger partial charge in [-0.2, -0.15) is 0 Å². The summed E-state index contributed by atoms with van der Waals surface area (Å²) in [6.45, 7) is 7.71. The van der Waals surface area contributed by atoms with Gasteiger partial charge in [0.05, 0.1) is 5.69 Å². The molecule has 22 heavy (non-hydrogen) atoms. The van der Waals surface area contributed by atoms with Crippen LogP contribution in [0.25, 0.3) is 0 Å². The number of benzene rings is 2. The second-order valence-electron chi connectivity index (χ2n) is 5.56. The van der Waals surface area contributed by atoms with Crippen molar-refractivity contribution in [3.63, 3.8) is 0 Å². The highest BCUT2D eigenvalue weighted by Gasteiger charge is 2.17. The average Bonchev–Trinajstić information content (AvgIpc) is 2.45. The average molecular weight is 298 g/mol. The number of nitrogens with one attached hydrogen (secondary N) is 1. The molecule has 0 radical (unpaired) electrons. The van der Waals surface area contributed by atoms with Crippen LogP contribution in [0.1, 0.15) is 23.6 Å². The third kappa shape index (κ3) is 3.58. The van der Waals surface area contributed by atoms with E-state index in [1.54, 1.807) is 19.1 Å². The van der Waals surface area contributed by atoms with E-state index in [-0.39, 0.29) is 5.91 Å². The predicted molar refractivity (Wildman–Crippen MR) is 90.2 cm³/mol. The number of nitrogen functional groups attached to an aromatic ring is 1. The van der Waals surface area contributed by atoms with Crippen molar-refractivity contribution in [1.29, 1.82) is 0 Å². The van der Waals surface area contributed by atoms with E-state index in [1.807, 2.05) is 45.0 Å². The first kappa shape index (κ1) is 15.9. The highest BCUT2D eigenvalue weighted by molar-refractivity contribution is 5.95. The molecule has 3 N–H and O–H groups in total. The number of hydrogen-bond donors (Lipinski definition) is 2. The number of carbonyl (C=O) groups is 1. The van der Waals surface area contributed by atoms with E-state index < -0.39 is 6.10 Å². The highest BCUT2D eigenvalue weighted by Crippen LogP contribution is 2.24. The summed E-state index contributed by atoms with van der Waals surface area (Å²) in [5.74, 6) is 0.320. The molecular weight excluding hydrogens is 276 g/mol. The number of amides is 1. The van der Waals surface area contributed by atoms with Crippen LogP contribution in [0.2, 0.25) is 0 Å². The molecule has 1 atom stereocenters. The molecule has 0 aliphatic heterocycles. The molecular formula is C18H22N2O2. The summed E-state index contributed by atoms with van der Waals surface area (Å²) in [5, 5.41) is 2.94. The molecule has 0 saturated carbocycles. The Morgan fingerprint density at radius 1 is 1.14 bits per heavy atom. The van der Waals surface area contributed by atoms with E-state index in [0.717, 1.165) is 16.8 Å². The summed E-state index contributed by atoms with van der Waals surface area (Å²) in [4.78, 5) is 12.3. The maximum absolute atomic E-state index is 12.3. The minimum Gasteiger partial charge on any atom is -0.479 e. The first-order chi connectivity index (χ1) is 10.4. The summed E-state index contributed by atoms with van der Waals surface area (Å²) >= 11 is 0. The Morgan fingerprint density at radius 2 is 1.73 bits per heavy atom. The number of anilines is 2. The van der Waals surface area contributed by atoms with Gasteiger partial charge in [-0.1, -0.05) is 29.8 Å². The summed E-state index contributed by atoms with van der Waals surface area (Å²) in [5.41, 5.74) is 10.4. The van der Waals surface area contributed by atoms with Crippen molar-refractivity contribution in [2.45, 2.75) is 33.8 Å². The second kappa shape index (κ2) is 6.52. The van der Waals surface area contributed by atoms with Gasteiger partial charge in [-0.3, -0.25) is 4.79 Å². The van der Waals surface area contributed by atoms with Gasteiger partial charge in [-0.15, -0.1) is 0 Å². The topological polar surface area (TPSA) is 64.3 Å². The van der Waals surface area contributed by atoms with Gasteiger partial charge in [0.1, 0.15) is 5.75 Å². The van der Waals surface area contributed by atoms with Crippen molar-refractivity contribution < 1.29 is 9.53 Å². The third-order valence-electron chi connectivity index (χ3n) is 3.52. The standard InChI is InChI=1S/C18H22N2O2/c1-11-9-12(2)17(13(3)10-11)20-18(21)14(4)22-16-8-6-5-7-15(16)19/h5-10,14H,19H2,1-4H3,(H,20,21). The van der Waals surface area contributed by atoms with Crippen LogP contribution in [0.5, 0.6) is 5.75 Å². The van der Waals surface area contributed by atoms with E-state index >= 15 is 0 Å². The Balaban J connectivity index is 2.11. The predicted octanol–water partition coefficient (Wildman–Crippen LogP) is 3.60. The highest BCUT2D eigenvalue weighted by atomic mass is 16.5. The molecule has 2 aromatic carbocycles. The largest absolute Gasteiger partial charge is 0.479 e. The van der Waals surface area contributed by atoms with Gasteiger partial charge < -0.3 is 15.8 Å². The summed E-state index contributed by atoms with van der Waals surface area (Å²) in [6, 6.07) is 11.2. The normalized spacial score (nSPS) is 11.8. The van der Waals surface area contributed by atoms with E-state index in [4.69, 9.17) is 10.5 Å². The van der Waals surface area contributed by atoms with E-state index in [2.05, 4.69) is 5.32 Å². The van der Waals surface area contributed by atoms with Gasteiger partial charge in [-0.05, 0) is 51.0 Å². The van der Waals surface area contributed by atoms with Crippen molar-refractivity contribution >= 4 is 17.3 Å². The lowest BCUT2D eigenvalue weighted by molar-refractivity contribution is -0.122. The molecule has 2 rings (SSSR count). The van der Waals surface area contributed by atoms with Crippen molar-refractivity contribution in [2.75, 3.05) is 11.1 Å². The number of carbonyl (C=O) groups excluding carboxylic acids is 1. The van der Waals surface area contributed by atoms with Gasteiger partial charge in [0, 0.05) is 5.69 Å². The van der Waals surface area contributed by atoms with Crippen LogP contribution in [0.3, 0.4) is 0 Å². The molecule has 4 nitrogen and oxygen atoms in total. The molecule has 0 fully saturated rings. The quantitative estimate of drug-likeness (QED) is 0.848. The number of nitrogens with two attached hydrogens (primary N) is 1. The minimum atomic E-state index is -0.634. The van der Waals surface area contributed by atoms with Crippen LogP contribution in [0.4, 0.5) is 11.4 Å². The number of para-hydroxylation sites is 2. The molecule has 0 bridgehead atoms. The fourth-order valence-electron chi connectivity index (χ4n) is 2.43. The van der Waals surface area contributed by atoms with Crippen molar-refractivity contribution in [1.82, 2.24) is 0 Å². The second-order valence-corrected chi connectivity index (χ2v) is 5.56. The van der Waals surface area contributed by atoms with Crippen LogP contribution in [-0.4, -0.2) is 12.0 Å². The van der Waals surface area contributed by atoms with E-state index in [1.165, 1.54) is 5.56 Å². The van der Waals surface area contributed by atoms with Crippen molar-refractivity contribution in [3.8, 4) is 5.75 Å². The summed E-state index contributed by atoms with van der Waals surface area (Å²) in [7, 11) is 0. The zero-order valence-electron chi connectivity index (χ0n) is 13.4. The Morgan fingerprint density at radius 3 is 2.32 bits per heavy atom. The molecule has 0 heterocycles. The van der Waals surface area contributed by atoms with Crippen molar-refractivity contribution in [2.24, 2.45) is 0 Å². The van der Waals surface area contributed by atoms with Crippen LogP contribution < -0.4 is 15.8 Å². The molecule has 0 aliphatic carbocycles. The van der Waals surface area contributed by atoms with Gasteiger partial charge in [0.2, 0.25) is 0 Å². The lowest BCUT2D eigenvalue weighted by Gasteiger charge is -2.18. The lowest BCUT2D eigenvalue weighted by Crippen LogP contribution is -2.30. The molecule has 116 valence electrons. The molecule has 1 amide bonds. The maximum atomic E-state index is 12.3. The summed E-state index contributed by atoms with van der Waals surface area (Å²) in [6.07, 6.45) is -0.634. The van der Waals surface area contributed by atoms with E-state index in [0.29, 0.717) is 11.4 Å². The molecule has 0 aromatic heterocycles.